The molecule has 3 N–H and O–H groups in total. The standard InChI is InChI=1S/C11H14BrClN2O/c1-2-5-15-10(11(14)16)8-6-7(12)3-4-9(8)13/h3-4,6,10,15H,2,5H2,1H3,(H2,14,16). The first-order valence-electron chi connectivity index (χ1n) is 5.04. The Morgan fingerprint density at radius 2 is 2.31 bits per heavy atom. The molecule has 1 atom stereocenters. The lowest BCUT2D eigenvalue weighted by Gasteiger charge is -2.16. The summed E-state index contributed by atoms with van der Waals surface area (Å²) in [5.74, 6) is -0.423. The van der Waals surface area contributed by atoms with Gasteiger partial charge in [-0.25, -0.2) is 0 Å². The van der Waals surface area contributed by atoms with Gasteiger partial charge in [0.05, 0.1) is 0 Å². The summed E-state index contributed by atoms with van der Waals surface area (Å²) < 4.78 is 0.872. The minimum atomic E-state index is -0.537. The van der Waals surface area contributed by atoms with E-state index in [9.17, 15) is 4.79 Å². The Morgan fingerprint density at radius 3 is 2.88 bits per heavy atom. The van der Waals surface area contributed by atoms with Gasteiger partial charge in [0.1, 0.15) is 6.04 Å². The molecule has 16 heavy (non-hydrogen) atoms. The predicted molar refractivity (Wildman–Crippen MR) is 69.4 cm³/mol. The van der Waals surface area contributed by atoms with Crippen LogP contribution in [0, 0.1) is 0 Å². The van der Waals surface area contributed by atoms with Crippen LogP contribution in [0.25, 0.3) is 0 Å². The zero-order valence-electron chi connectivity index (χ0n) is 8.97. The number of amides is 1. The maximum atomic E-state index is 11.4. The van der Waals surface area contributed by atoms with Crippen LogP contribution in [0.1, 0.15) is 24.9 Å². The molecule has 5 heteroatoms. The van der Waals surface area contributed by atoms with E-state index in [1.165, 1.54) is 0 Å². The van der Waals surface area contributed by atoms with Gasteiger partial charge < -0.3 is 11.1 Å². The molecule has 0 aliphatic rings. The number of nitrogens with two attached hydrogens (primary N) is 1. The average molecular weight is 306 g/mol. The van der Waals surface area contributed by atoms with Gasteiger partial charge in [-0.2, -0.15) is 0 Å². The van der Waals surface area contributed by atoms with E-state index >= 15 is 0 Å². The fourth-order valence-corrected chi connectivity index (χ4v) is 1.99. The molecule has 0 aromatic heterocycles. The minimum absolute atomic E-state index is 0.423. The van der Waals surface area contributed by atoms with Crippen LogP contribution in [0.3, 0.4) is 0 Å². The van der Waals surface area contributed by atoms with Gasteiger partial charge >= 0.3 is 0 Å². The van der Waals surface area contributed by atoms with Crippen LogP contribution in [0.5, 0.6) is 0 Å². The maximum Gasteiger partial charge on any atom is 0.239 e. The van der Waals surface area contributed by atoms with E-state index in [4.69, 9.17) is 17.3 Å². The highest BCUT2D eigenvalue weighted by molar-refractivity contribution is 9.10. The highest BCUT2D eigenvalue weighted by Crippen LogP contribution is 2.26. The normalized spacial score (nSPS) is 12.4. The van der Waals surface area contributed by atoms with Crippen molar-refractivity contribution in [3.63, 3.8) is 0 Å². The van der Waals surface area contributed by atoms with E-state index in [-0.39, 0.29) is 0 Å². The first-order valence-corrected chi connectivity index (χ1v) is 6.21. The second-order valence-electron chi connectivity index (χ2n) is 3.46. The van der Waals surface area contributed by atoms with E-state index in [1.54, 1.807) is 12.1 Å². The number of halogens is 2. The molecule has 0 radical (unpaired) electrons. The number of nitrogens with one attached hydrogen (secondary N) is 1. The lowest BCUT2D eigenvalue weighted by Crippen LogP contribution is -2.34. The van der Waals surface area contributed by atoms with Crippen molar-refractivity contribution in [3.8, 4) is 0 Å². The molecule has 0 aliphatic heterocycles. The molecule has 0 aliphatic carbocycles. The average Bonchev–Trinajstić information content (AvgIpc) is 2.23. The second kappa shape index (κ2) is 6.23. The monoisotopic (exact) mass is 304 g/mol. The Labute approximate surface area is 108 Å². The van der Waals surface area contributed by atoms with Crippen LogP contribution in [0.15, 0.2) is 22.7 Å². The molecule has 88 valence electrons. The molecule has 0 saturated carbocycles. The Kier molecular flexibility index (Phi) is 5.25. The molecule has 1 amide bonds. The van der Waals surface area contributed by atoms with Gasteiger partial charge in [-0.3, -0.25) is 4.79 Å². The summed E-state index contributed by atoms with van der Waals surface area (Å²) >= 11 is 9.39. The minimum Gasteiger partial charge on any atom is -0.368 e. The summed E-state index contributed by atoms with van der Waals surface area (Å²) in [5.41, 5.74) is 6.06. The first kappa shape index (κ1) is 13.5. The molecule has 0 saturated heterocycles. The van der Waals surface area contributed by atoms with Crippen LogP contribution in [-0.2, 0) is 4.79 Å². The van der Waals surface area contributed by atoms with Crippen molar-refractivity contribution in [3.05, 3.63) is 33.3 Å². The predicted octanol–water partition coefficient (Wildman–Crippen LogP) is 2.63. The van der Waals surface area contributed by atoms with Crippen LogP contribution in [-0.4, -0.2) is 12.5 Å². The lowest BCUT2D eigenvalue weighted by atomic mass is 10.1. The van der Waals surface area contributed by atoms with Gasteiger partial charge in [-0.1, -0.05) is 34.5 Å². The van der Waals surface area contributed by atoms with Crippen LogP contribution < -0.4 is 11.1 Å². The van der Waals surface area contributed by atoms with E-state index < -0.39 is 11.9 Å². The van der Waals surface area contributed by atoms with Crippen molar-refractivity contribution in [1.29, 1.82) is 0 Å². The summed E-state index contributed by atoms with van der Waals surface area (Å²) in [6.45, 7) is 2.74. The largest absolute Gasteiger partial charge is 0.368 e. The summed E-state index contributed by atoms with van der Waals surface area (Å²) in [7, 11) is 0. The number of hydrogen-bond donors (Lipinski definition) is 2. The smallest absolute Gasteiger partial charge is 0.239 e. The molecule has 1 aromatic rings. The van der Waals surface area contributed by atoms with Gasteiger partial charge in [0.25, 0.3) is 0 Å². The molecule has 0 bridgehead atoms. The number of primary amides is 1. The SMILES string of the molecule is CCCNC(C(N)=O)c1cc(Br)ccc1Cl. The number of carbonyl (C=O) groups excluding carboxylic acids is 1. The Balaban J connectivity index is 3.00. The van der Waals surface area contributed by atoms with Crippen molar-refractivity contribution in [1.82, 2.24) is 5.32 Å². The second-order valence-corrected chi connectivity index (χ2v) is 4.78. The van der Waals surface area contributed by atoms with Gasteiger partial charge in [-0.05, 0) is 36.7 Å². The Hall–Kier alpha value is -0.580. The molecule has 0 heterocycles. The van der Waals surface area contributed by atoms with Crippen molar-refractivity contribution >= 4 is 33.4 Å². The number of hydrogen-bond acceptors (Lipinski definition) is 2. The van der Waals surface area contributed by atoms with Crippen LogP contribution >= 0.6 is 27.5 Å². The van der Waals surface area contributed by atoms with Crippen LogP contribution in [0.4, 0.5) is 0 Å². The van der Waals surface area contributed by atoms with E-state index in [0.29, 0.717) is 10.6 Å². The summed E-state index contributed by atoms with van der Waals surface area (Å²) in [6, 6.07) is 4.83. The van der Waals surface area contributed by atoms with Crippen molar-refractivity contribution in [2.75, 3.05) is 6.54 Å². The van der Waals surface area contributed by atoms with Crippen molar-refractivity contribution < 1.29 is 4.79 Å². The molecule has 0 fully saturated rings. The van der Waals surface area contributed by atoms with Crippen LogP contribution in [0.2, 0.25) is 5.02 Å². The quantitative estimate of drug-likeness (QED) is 0.878. The third-order valence-corrected chi connectivity index (χ3v) is 2.99. The number of benzene rings is 1. The molecular formula is C11H14BrClN2O. The van der Waals surface area contributed by atoms with E-state index in [2.05, 4.69) is 21.2 Å². The van der Waals surface area contributed by atoms with Gasteiger partial charge in [0, 0.05) is 9.50 Å². The molecule has 1 rings (SSSR count). The van der Waals surface area contributed by atoms with Crippen molar-refractivity contribution in [2.24, 2.45) is 5.73 Å². The number of rotatable bonds is 5. The molecule has 0 spiro atoms. The topological polar surface area (TPSA) is 55.1 Å². The molecule has 1 unspecified atom stereocenters. The zero-order valence-corrected chi connectivity index (χ0v) is 11.3. The summed E-state index contributed by atoms with van der Waals surface area (Å²) in [5, 5.41) is 3.61. The third kappa shape index (κ3) is 3.47. The van der Waals surface area contributed by atoms with E-state index in [1.807, 2.05) is 13.0 Å². The Morgan fingerprint density at radius 1 is 1.62 bits per heavy atom. The highest BCUT2D eigenvalue weighted by atomic mass is 79.9. The van der Waals surface area contributed by atoms with E-state index in [0.717, 1.165) is 17.4 Å². The molecular weight excluding hydrogens is 291 g/mol. The highest BCUT2D eigenvalue weighted by Gasteiger charge is 2.19. The van der Waals surface area contributed by atoms with Crippen molar-refractivity contribution in [2.45, 2.75) is 19.4 Å². The fourth-order valence-electron chi connectivity index (χ4n) is 1.39. The summed E-state index contributed by atoms with van der Waals surface area (Å²) in [6.07, 6.45) is 0.926. The fraction of sp³-hybridized carbons (Fsp3) is 0.364. The van der Waals surface area contributed by atoms with Gasteiger partial charge in [0.15, 0.2) is 0 Å². The number of carbonyl (C=O) groups is 1. The molecule has 1 aromatic carbocycles. The Bertz CT molecular complexity index is 384. The van der Waals surface area contributed by atoms with Gasteiger partial charge in [0.2, 0.25) is 5.91 Å². The third-order valence-electron chi connectivity index (χ3n) is 2.15. The lowest BCUT2D eigenvalue weighted by molar-refractivity contribution is -0.120. The van der Waals surface area contributed by atoms with Gasteiger partial charge in [-0.15, -0.1) is 0 Å². The zero-order chi connectivity index (χ0) is 12.1. The maximum absolute atomic E-state index is 11.4. The summed E-state index contributed by atoms with van der Waals surface area (Å²) in [4.78, 5) is 11.4. The molecule has 3 nitrogen and oxygen atoms in total. The first-order chi connectivity index (χ1) is 7.56.